The molecule has 0 bridgehead atoms. The molecule has 1 aliphatic rings. The van der Waals surface area contributed by atoms with Gasteiger partial charge in [-0.25, -0.2) is 4.79 Å². The van der Waals surface area contributed by atoms with Crippen LogP contribution in [0.2, 0.25) is 0 Å². The SMILES string of the molecule is CC(C)=CNC(=O)N1CCNCC1. The Morgan fingerprint density at radius 2 is 2.00 bits per heavy atom. The molecule has 0 unspecified atom stereocenters. The molecular formula is C9H17N3O. The first kappa shape index (κ1) is 10.1. The molecular weight excluding hydrogens is 166 g/mol. The van der Waals surface area contributed by atoms with E-state index in [1.165, 1.54) is 0 Å². The second kappa shape index (κ2) is 4.87. The summed E-state index contributed by atoms with van der Waals surface area (Å²) in [6.07, 6.45) is 1.74. The van der Waals surface area contributed by atoms with Gasteiger partial charge in [0, 0.05) is 32.4 Å². The summed E-state index contributed by atoms with van der Waals surface area (Å²) < 4.78 is 0. The molecule has 0 atom stereocenters. The normalized spacial score (nSPS) is 16.6. The first-order valence-electron chi connectivity index (χ1n) is 4.59. The number of amides is 2. The molecule has 13 heavy (non-hydrogen) atoms. The van der Waals surface area contributed by atoms with Gasteiger partial charge in [0.15, 0.2) is 0 Å². The second-order valence-electron chi connectivity index (χ2n) is 3.41. The van der Waals surface area contributed by atoms with E-state index >= 15 is 0 Å². The van der Waals surface area contributed by atoms with Crippen molar-refractivity contribution < 1.29 is 4.79 Å². The van der Waals surface area contributed by atoms with Gasteiger partial charge in [-0.1, -0.05) is 5.57 Å². The summed E-state index contributed by atoms with van der Waals surface area (Å²) in [6, 6.07) is 0.00250. The van der Waals surface area contributed by atoms with Crippen molar-refractivity contribution in [2.75, 3.05) is 26.2 Å². The van der Waals surface area contributed by atoms with E-state index in [2.05, 4.69) is 10.6 Å². The fourth-order valence-corrected chi connectivity index (χ4v) is 1.17. The van der Waals surface area contributed by atoms with E-state index in [1.54, 1.807) is 6.20 Å². The van der Waals surface area contributed by atoms with E-state index in [-0.39, 0.29) is 6.03 Å². The average Bonchev–Trinajstić information content (AvgIpc) is 2.15. The van der Waals surface area contributed by atoms with Gasteiger partial charge in [-0.3, -0.25) is 0 Å². The third kappa shape index (κ3) is 3.46. The number of rotatable bonds is 1. The summed E-state index contributed by atoms with van der Waals surface area (Å²) >= 11 is 0. The number of allylic oxidation sites excluding steroid dienone is 1. The van der Waals surface area contributed by atoms with Gasteiger partial charge in [0.25, 0.3) is 0 Å². The molecule has 0 aliphatic carbocycles. The monoisotopic (exact) mass is 183 g/mol. The van der Waals surface area contributed by atoms with Crippen LogP contribution in [0.5, 0.6) is 0 Å². The van der Waals surface area contributed by atoms with Crippen molar-refractivity contribution in [1.82, 2.24) is 15.5 Å². The van der Waals surface area contributed by atoms with Crippen LogP contribution >= 0.6 is 0 Å². The van der Waals surface area contributed by atoms with E-state index in [4.69, 9.17) is 0 Å². The number of nitrogens with zero attached hydrogens (tertiary/aromatic N) is 1. The molecule has 0 aromatic carbocycles. The standard InChI is InChI=1S/C9H17N3O/c1-8(2)7-11-9(13)12-5-3-10-4-6-12/h7,10H,3-6H2,1-2H3,(H,11,13). The molecule has 1 heterocycles. The highest BCUT2D eigenvalue weighted by molar-refractivity contribution is 5.75. The predicted octanol–water partition coefficient (Wildman–Crippen LogP) is 0.525. The van der Waals surface area contributed by atoms with Crippen LogP contribution in [0.15, 0.2) is 11.8 Å². The van der Waals surface area contributed by atoms with Crippen molar-refractivity contribution in [3.8, 4) is 0 Å². The minimum atomic E-state index is 0.00250. The molecule has 0 radical (unpaired) electrons. The van der Waals surface area contributed by atoms with Crippen LogP contribution in [0.4, 0.5) is 4.79 Å². The van der Waals surface area contributed by atoms with Gasteiger partial charge >= 0.3 is 6.03 Å². The van der Waals surface area contributed by atoms with Crippen molar-refractivity contribution >= 4 is 6.03 Å². The van der Waals surface area contributed by atoms with Gasteiger partial charge in [-0.15, -0.1) is 0 Å². The van der Waals surface area contributed by atoms with Gasteiger partial charge in [0.05, 0.1) is 0 Å². The Morgan fingerprint density at radius 3 is 2.54 bits per heavy atom. The maximum absolute atomic E-state index is 11.4. The van der Waals surface area contributed by atoms with Crippen molar-refractivity contribution in [1.29, 1.82) is 0 Å². The van der Waals surface area contributed by atoms with E-state index in [0.29, 0.717) is 0 Å². The summed E-state index contributed by atoms with van der Waals surface area (Å²) in [5.74, 6) is 0. The van der Waals surface area contributed by atoms with Crippen molar-refractivity contribution in [2.45, 2.75) is 13.8 Å². The highest BCUT2D eigenvalue weighted by Gasteiger charge is 2.14. The number of hydrogen-bond acceptors (Lipinski definition) is 2. The van der Waals surface area contributed by atoms with Crippen molar-refractivity contribution in [3.05, 3.63) is 11.8 Å². The number of carbonyl (C=O) groups excluding carboxylic acids is 1. The summed E-state index contributed by atoms with van der Waals surface area (Å²) in [4.78, 5) is 13.3. The lowest BCUT2D eigenvalue weighted by atomic mass is 10.4. The van der Waals surface area contributed by atoms with E-state index < -0.39 is 0 Å². The Labute approximate surface area is 79.0 Å². The Hall–Kier alpha value is -1.03. The zero-order valence-corrected chi connectivity index (χ0v) is 8.26. The van der Waals surface area contributed by atoms with Gasteiger partial charge in [-0.05, 0) is 13.8 Å². The summed E-state index contributed by atoms with van der Waals surface area (Å²) in [6.45, 7) is 7.28. The number of piperazine rings is 1. The maximum atomic E-state index is 11.4. The van der Waals surface area contributed by atoms with Crippen LogP contribution in [0.3, 0.4) is 0 Å². The number of hydrogen-bond donors (Lipinski definition) is 2. The van der Waals surface area contributed by atoms with Crippen molar-refractivity contribution in [2.24, 2.45) is 0 Å². The second-order valence-corrected chi connectivity index (χ2v) is 3.41. The van der Waals surface area contributed by atoms with E-state index in [0.717, 1.165) is 31.8 Å². The third-order valence-corrected chi connectivity index (χ3v) is 1.89. The van der Waals surface area contributed by atoms with E-state index in [9.17, 15) is 4.79 Å². The molecule has 0 aromatic heterocycles. The molecule has 2 N–H and O–H groups in total. The number of urea groups is 1. The zero-order valence-electron chi connectivity index (χ0n) is 8.26. The lowest BCUT2D eigenvalue weighted by Crippen LogP contribution is -2.49. The Kier molecular flexibility index (Phi) is 3.76. The lowest BCUT2D eigenvalue weighted by molar-refractivity contribution is 0.194. The third-order valence-electron chi connectivity index (χ3n) is 1.89. The van der Waals surface area contributed by atoms with Gasteiger partial charge < -0.3 is 15.5 Å². The molecule has 0 saturated carbocycles. The highest BCUT2D eigenvalue weighted by atomic mass is 16.2. The molecule has 0 spiro atoms. The summed E-state index contributed by atoms with van der Waals surface area (Å²) in [5, 5.41) is 5.95. The highest BCUT2D eigenvalue weighted by Crippen LogP contribution is 1.93. The van der Waals surface area contributed by atoms with E-state index in [1.807, 2.05) is 18.7 Å². The minimum Gasteiger partial charge on any atom is -0.322 e. The van der Waals surface area contributed by atoms with Crippen LogP contribution in [0, 0.1) is 0 Å². The quantitative estimate of drug-likeness (QED) is 0.622. The van der Waals surface area contributed by atoms with Gasteiger partial charge in [0.1, 0.15) is 0 Å². The van der Waals surface area contributed by atoms with Crippen LogP contribution in [-0.4, -0.2) is 37.1 Å². The smallest absolute Gasteiger partial charge is 0.321 e. The Balaban J connectivity index is 2.33. The van der Waals surface area contributed by atoms with Crippen LogP contribution < -0.4 is 10.6 Å². The number of nitrogens with one attached hydrogen (secondary N) is 2. The average molecular weight is 183 g/mol. The summed E-state index contributed by atoms with van der Waals surface area (Å²) in [7, 11) is 0. The molecule has 4 nitrogen and oxygen atoms in total. The van der Waals surface area contributed by atoms with Gasteiger partial charge in [0.2, 0.25) is 0 Å². The lowest BCUT2D eigenvalue weighted by Gasteiger charge is -2.26. The Morgan fingerprint density at radius 1 is 1.38 bits per heavy atom. The number of carbonyl (C=O) groups is 1. The molecule has 0 aromatic rings. The molecule has 2 amide bonds. The Bertz CT molecular complexity index is 203. The fraction of sp³-hybridized carbons (Fsp3) is 0.667. The molecule has 74 valence electrons. The van der Waals surface area contributed by atoms with Gasteiger partial charge in [-0.2, -0.15) is 0 Å². The predicted molar refractivity (Wildman–Crippen MR) is 52.4 cm³/mol. The molecule has 1 saturated heterocycles. The fourth-order valence-electron chi connectivity index (χ4n) is 1.17. The maximum Gasteiger partial charge on any atom is 0.321 e. The van der Waals surface area contributed by atoms with Crippen LogP contribution in [-0.2, 0) is 0 Å². The largest absolute Gasteiger partial charge is 0.322 e. The molecule has 1 fully saturated rings. The van der Waals surface area contributed by atoms with Crippen LogP contribution in [0.25, 0.3) is 0 Å². The molecule has 1 aliphatic heterocycles. The molecule has 1 rings (SSSR count). The first-order valence-corrected chi connectivity index (χ1v) is 4.59. The summed E-state index contributed by atoms with van der Waals surface area (Å²) in [5.41, 5.74) is 1.10. The first-order chi connectivity index (χ1) is 6.20. The van der Waals surface area contributed by atoms with Crippen molar-refractivity contribution in [3.63, 3.8) is 0 Å². The topological polar surface area (TPSA) is 44.4 Å². The minimum absolute atomic E-state index is 0.00250. The van der Waals surface area contributed by atoms with Crippen LogP contribution in [0.1, 0.15) is 13.8 Å². The molecule has 4 heteroatoms. The zero-order chi connectivity index (χ0) is 9.68.